The molecule has 0 bridgehead atoms. The smallest absolute Gasteiger partial charge is 0.404 e. The minimum absolute atomic E-state index is 0.0779. The van der Waals surface area contributed by atoms with Crippen LogP contribution >= 0.6 is 0 Å². The van der Waals surface area contributed by atoms with Crippen molar-refractivity contribution in [3.8, 4) is 11.1 Å². The third-order valence-corrected chi connectivity index (χ3v) is 8.01. The molecule has 0 saturated carbocycles. The lowest BCUT2D eigenvalue weighted by molar-refractivity contribution is -0.177. The Hall–Kier alpha value is -3.99. The molecule has 5 rings (SSSR count). The standard InChI is InChI=1S/C30H32F3N5O3/c1-36(28(39)25-17-35-27(18-34-25)37-14-11-21(12-15-37)29(40)41)23-9-10-24(20-6-3-2-4-7-20)22(16-23)19-38-13-5-8-26(38)30(31,32)33/h2-4,6-7,9-10,16-18,21,26H,5,8,11-15,19H2,1H3,(H,40,41)/t26-/m0/s1. The summed E-state index contributed by atoms with van der Waals surface area (Å²) in [7, 11) is 1.60. The lowest BCUT2D eigenvalue weighted by Gasteiger charge is -2.30. The first-order valence-electron chi connectivity index (χ1n) is 13.7. The molecule has 3 aromatic rings. The summed E-state index contributed by atoms with van der Waals surface area (Å²) < 4.78 is 41.1. The summed E-state index contributed by atoms with van der Waals surface area (Å²) in [4.78, 5) is 38.1. The third kappa shape index (κ3) is 6.35. The van der Waals surface area contributed by atoms with Crippen molar-refractivity contribution >= 4 is 23.4 Å². The number of aliphatic carboxylic acids is 1. The number of carboxylic acids is 1. The summed E-state index contributed by atoms with van der Waals surface area (Å²) in [6, 6.07) is 13.4. The highest BCUT2D eigenvalue weighted by atomic mass is 19.4. The molecule has 2 aromatic carbocycles. The van der Waals surface area contributed by atoms with E-state index in [1.165, 1.54) is 22.2 Å². The van der Waals surface area contributed by atoms with Crippen LogP contribution in [0.3, 0.4) is 0 Å². The largest absolute Gasteiger partial charge is 0.481 e. The first-order valence-corrected chi connectivity index (χ1v) is 13.7. The van der Waals surface area contributed by atoms with Gasteiger partial charge in [-0.3, -0.25) is 14.5 Å². The lowest BCUT2D eigenvalue weighted by atomic mass is 9.97. The molecular formula is C30H32F3N5O3. The highest BCUT2D eigenvalue weighted by Crippen LogP contribution is 2.36. The maximum atomic E-state index is 13.7. The molecule has 0 unspecified atom stereocenters. The monoisotopic (exact) mass is 567 g/mol. The van der Waals surface area contributed by atoms with Gasteiger partial charge in [0.15, 0.2) is 0 Å². The lowest BCUT2D eigenvalue weighted by Crippen LogP contribution is -2.40. The molecule has 1 N–H and O–H groups in total. The molecule has 1 aromatic heterocycles. The Kier molecular flexibility index (Phi) is 8.25. The molecule has 2 aliphatic heterocycles. The second kappa shape index (κ2) is 11.9. The van der Waals surface area contributed by atoms with Gasteiger partial charge in [0, 0.05) is 32.4 Å². The van der Waals surface area contributed by atoms with Crippen molar-refractivity contribution in [1.82, 2.24) is 14.9 Å². The van der Waals surface area contributed by atoms with Crippen LogP contribution in [0, 0.1) is 5.92 Å². The number of nitrogens with zero attached hydrogens (tertiary/aromatic N) is 5. The average Bonchev–Trinajstić information content (AvgIpc) is 3.46. The summed E-state index contributed by atoms with van der Waals surface area (Å²) >= 11 is 0. The van der Waals surface area contributed by atoms with E-state index < -0.39 is 24.1 Å². The fourth-order valence-electron chi connectivity index (χ4n) is 5.66. The van der Waals surface area contributed by atoms with Crippen molar-refractivity contribution in [2.75, 3.05) is 36.5 Å². The summed E-state index contributed by atoms with van der Waals surface area (Å²) in [5, 5.41) is 9.21. The number of hydrogen-bond acceptors (Lipinski definition) is 6. The molecule has 8 nitrogen and oxygen atoms in total. The SMILES string of the molecule is CN(C(=O)c1cnc(N2CCC(C(=O)O)CC2)cn1)c1ccc(-c2ccccc2)c(CN2CCC[C@H]2C(F)(F)F)c1. The number of hydrogen-bond donors (Lipinski definition) is 1. The van der Waals surface area contributed by atoms with E-state index in [2.05, 4.69) is 9.97 Å². The van der Waals surface area contributed by atoms with Gasteiger partial charge in [0.05, 0.1) is 18.3 Å². The quantitative estimate of drug-likeness (QED) is 0.417. The number of anilines is 2. The fraction of sp³-hybridized carbons (Fsp3) is 0.400. The van der Waals surface area contributed by atoms with Crippen LogP contribution in [0.4, 0.5) is 24.7 Å². The van der Waals surface area contributed by atoms with Crippen molar-refractivity contribution in [3.63, 3.8) is 0 Å². The Morgan fingerprint density at radius 1 is 1.00 bits per heavy atom. The van der Waals surface area contributed by atoms with Gasteiger partial charge in [-0.05, 0) is 61.1 Å². The highest BCUT2D eigenvalue weighted by Gasteiger charge is 2.45. The fourth-order valence-corrected chi connectivity index (χ4v) is 5.66. The molecule has 2 fully saturated rings. The second-order valence-electron chi connectivity index (χ2n) is 10.6. The predicted octanol–water partition coefficient (Wildman–Crippen LogP) is 5.25. The van der Waals surface area contributed by atoms with Gasteiger partial charge in [0.25, 0.3) is 5.91 Å². The molecular weight excluding hydrogens is 535 g/mol. The van der Waals surface area contributed by atoms with Crippen LogP contribution in [0.2, 0.25) is 0 Å². The summed E-state index contributed by atoms with van der Waals surface area (Å²) in [5.41, 5.74) is 3.07. The topological polar surface area (TPSA) is 89.9 Å². The van der Waals surface area contributed by atoms with E-state index in [1.54, 1.807) is 19.2 Å². The third-order valence-electron chi connectivity index (χ3n) is 8.01. The molecule has 1 atom stereocenters. The molecule has 0 radical (unpaired) electrons. The molecule has 11 heteroatoms. The van der Waals surface area contributed by atoms with Crippen molar-refractivity contribution in [3.05, 3.63) is 72.2 Å². The number of likely N-dealkylation sites (tertiary alicyclic amines) is 1. The van der Waals surface area contributed by atoms with Gasteiger partial charge in [-0.15, -0.1) is 0 Å². The van der Waals surface area contributed by atoms with Crippen molar-refractivity contribution in [2.45, 2.75) is 44.4 Å². The van der Waals surface area contributed by atoms with Crippen LogP contribution in [-0.4, -0.2) is 70.8 Å². The normalized spacial score (nSPS) is 18.4. The molecule has 2 aliphatic rings. The molecule has 2 saturated heterocycles. The summed E-state index contributed by atoms with van der Waals surface area (Å²) in [6.45, 7) is 1.55. The first kappa shape index (κ1) is 28.5. The van der Waals surface area contributed by atoms with E-state index in [0.717, 1.165) is 11.1 Å². The van der Waals surface area contributed by atoms with Crippen molar-refractivity contribution in [1.29, 1.82) is 0 Å². The van der Waals surface area contributed by atoms with Gasteiger partial charge in [-0.1, -0.05) is 36.4 Å². The summed E-state index contributed by atoms with van der Waals surface area (Å²) in [6.07, 6.45) is 0.200. The number of rotatable bonds is 7. The Bertz CT molecular complexity index is 1380. The number of alkyl halides is 3. The van der Waals surface area contributed by atoms with E-state index in [4.69, 9.17) is 0 Å². The first-order chi connectivity index (χ1) is 19.6. The number of amides is 1. The van der Waals surface area contributed by atoms with Gasteiger partial charge in [-0.2, -0.15) is 13.2 Å². The van der Waals surface area contributed by atoms with Gasteiger partial charge >= 0.3 is 12.1 Å². The molecule has 41 heavy (non-hydrogen) atoms. The molecule has 0 aliphatic carbocycles. The zero-order valence-electron chi connectivity index (χ0n) is 22.7. The zero-order valence-corrected chi connectivity index (χ0v) is 22.7. The van der Waals surface area contributed by atoms with Crippen molar-refractivity contribution < 1.29 is 27.9 Å². The van der Waals surface area contributed by atoms with Crippen LogP contribution in [0.25, 0.3) is 11.1 Å². The van der Waals surface area contributed by atoms with E-state index in [1.807, 2.05) is 41.3 Å². The van der Waals surface area contributed by atoms with Crippen LogP contribution in [0.5, 0.6) is 0 Å². The zero-order chi connectivity index (χ0) is 29.1. The Labute approximate surface area is 236 Å². The molecule has 1 amide bonds. The maximum absolute atomic E-state index is 13.7. The van der Waals surface area contributed by atoms with E-state index >= 15 is 0 Å². The Balaban J connectivity index is 1.36. The number of carbonyl (C=O) groups excluding carboxylic acids is 1. The van der Waals surface area contributed by atoms with Crippen LogP contribution in [0.1, 0.15) is 41.7 Å². The predicted molar refractivity (Wildman–Crippen MR) is 149 cm³/mol. The van der Waals surface area contributed by atoms with Crippen LogP contribution in [-0.2, 0) is 11.3 Å². The number of piperidine rings is 1. The Morgan fingerprint density at radius 3 is 2.37 bits per heavy atom. The van der Waals surface area contributed by atoms with Crippen LogP contribution in [0.15, 0.2) is 60.9 Å². The van der Waals surface area contributed by atoms with Gasteiger partial charge in [-0.25, -0.2) is 9.97 Å². The number of benzene rings is 2. The van der Waals surface area contributed by atoms with Gasteiger partial charge < -0.3 is 14.9 Å². The van der Waals surface area contributed by atoms with E-state index in [0.29, 0.717) is 56.0 Å². The van der Waals surface area contributed by atoms with Crippen LogP contribution < -0.4 is 9.80 Å². The summed E-state index contributed by atoms with van der Waals surface area (Å²) in [5.74, 6) is -0.981. The Morgan fingerprint density at radius 2 is 1.73 bits per heavy atom. The molecule has 3 heterocycles. The van der Waals surface area contributed by atoms with Gasteiger partial charge in [0.1, 0.15) is 17.6 Å². The second-order valence-corrected chi connectivity index (χ2v) is 10.6. The molecule has 216 valence electrons. The number of halogens is 3. The number of carboxylic acid groups (broad SMARTS) is 1. The van der Waals surface area contributed by atoms with E-state index in [9.17, 15) is 27.9 Å². The average molecular weight is 568 g/mol. The van der Waals surface area contributed by atoms with Gasteiger partial charge in [0.2, 0.25) is 0 Å². The van der Waals surface area contributed by atoms with Crippen molar-refractivity contribution in [2.24, 2.45) is 5.92 Å². The molecule has 0 spiro atoms. The van der Waals surface area contributed by atoms with E-state index in [-0.39, 0.29) is 24.6 Å². The minimum Gasteiger partial charge on any atom is -0.481 e. The maximum Gasteiger partial charge on any atom is 0.404 e. The highest BCUT2D eigenvalue weighted by molar-refractivity contribution is 6.04. The number of aromatic nitrogens is 2. The number of carbonyl (C=O) groups is 2. The minimum atomic E-state index is -4.30.